The monoisotopic (exact) mass is 545 g/mol. The zero-order chi connectivity index (χ0) is 28.1. The molecule has 13 heteroatoms. The molecule has 1 aliphatic heterocycles. The molecule has 13 nitrogen and oxygen atoms in total. The minimum Gasteiger partial charge on any atom is -0.494 e. The molecule has 0 radical (unpaired) electrons. The third-order valence-electron chi connectivity index (χ3n) is 6.50. The van der Waals surface area contributed by atoms with Crippen LogP contribution in [0.4, 0.5) is 11.5 Å². The number of hydrazone groups is 1. The zero-order valence-electron chi connectivity index (χ0n) is 22.6. The predicted molar refractivity (Wildman–Crippen MR) is 148 cm³/mol. The normalized spacial score (nSPS) is 13.2. The lowest BCUT2D eigenvalue weighted by Crippen LogP contribution is -2.31. The Morgan fingerprint density at radius 3 is 2.75 bits per heavy atom. The summed E-state index contributed by atoms with van der Waals surface area (Å²) in [5.74, 6) is 0.944. The maximum Gasteiger partial charge on any atom is 0.293 e. The van der Waals surface area contributed by atoms with E-state index in [1.807, 2.05) is 38.1 Å². The van der Waals surface area contributed by atoms with E-state index in [1.165, 1.54) is 10.2 Å². The highest BCUT2D eigenvalue weighted by molar-refractivity contribution is 6.02. The molecule has 0 unspecified atom stereocenters. The van der Waals surface area contributed by atoms with Crippen LogP contribution in [0.25, 0.3) is 5.82 Å². The Kier molecular flexibility index (Phi) is 7.89. The van der Waals surface area contributed by atoms with Crippen LogP contribution in [0.3, 0.4) is 0 Å². The number of fused-ring (bicyclic) bond motifs is 1. The van der Waals surface area contributed by atoms with Gasteiger partial charge in [-0.15, -0.1) is 5.10 Å². The quantitative estimate of drug-likeness (QED) is 0.224. The van der Waals surface area contributed by atoms with Crippen molar-refractivity contribution < 1.29 is 18.9 Å². The lowest BCUT2D eigenvalue weighted by Gasteiger charge is -2.31. The van der Waals surface area contributed by atoms with E-state index < -0.39 is 5.91 Å². The third kappa shape index (κ3) is 5.44. The summed E-state index contributed by atoms with van der Waals surface area (Å²) in [7, 11) is 0. The summed E-state index contributed by atoms with van der Waals surface area (Å²) in [5, 5.41) is 20.2. The summed E-state index contributed by atoms with van der Waals surface area (Å²) in [5.41, 5.74) is 12.7. The first-order valence-corrected chi connectivity index (χ1v) is 13.1. The van der Waals surface area contributed by atoms with Gasteiger partial charge in [0.25, 0.3) is 5.91 Å². The number of nitrogen functional groups attached to an aromatic ring is 1. The van der Waals surface area contributed by atoms with Gasteiger partial charge in [-0.1, -0.05) is 23.4 Å². The second-order valence-corrected chi connectivity index (χ2v) is 9.09. The molecule has 208 valence electrons. The van der Waals surface area contributed by atoms with E-state index in [-0.39, 0.29) is 17.3 Å². The van der Waals surface area contributed by atoms with Gasteiger partial charge < -0.3 is 20.1 Å². The average Bonchev–Trinajstić information content (AvgIpc) is 3.58. The molecule has 1 amide bonds. The van der Waals surface area contributed by atoms with E-state index in [4.69, 9.17) is 19.8 Å². The topological polar surface area (TPSA) is 159 Å². The van der Waals surface area contributed by atoms with Gasteiger partial charge >= 0.3 is 0 Å². The molecule has 4 aromatic rings. The van der Waals surface area contributed by atoms with Gasteiger partial charge in [0, 0.05) is 23.9 Å². The van der Waals surface area contributed by atoms with Gasteiger partial charge in [-0.25, -0.2) is 10.1 Å². The van der Waals surface area contributed by atoms with Crippen molar-refractivity contribution in [1.82, 2.24) is 30.7 Å². The van der Waals surface area contributed by atoms with E-state index >= 15 is 0 Å². The lowest BCUT2D eigenvalue weighted by atomic mass is 10.0. The van der Waals surface area contributed by atoms with E-state index in [1.54, 1.807) is 13.0 Å². The molecular formula is C27H31N9O4. The Morgan fingerprint density at radius 2 is 1.98 bits per heavy atom. The molecule has 0 fully saturated rings. The average molecular weight is 546 g/mol. The van der Waals surface area contributed by atoms with Crippen molar-refractivity contribution in [1.29, 1.82) is 0 Å². The number of nitrogens with zero attached hydrogens (tertiary/aromatic N) is 7. The second kappa shape index (κ2) is 11.8. The van der Waals surface area contributed by atoms with E-state index in [0.717, 1.165) is 30.6 Å². The fraction of sp³-hybridized carbons (Fsp3) is 0.333. The number of rotatable bonds is 10. The molecule has 0 saturated carbocycles. The first kappa shape index (κ1) is 26.7. The van der Waals surface area contributed by atoms with Crippen LogP contribution in [0, 0.1) is 0 Å². The number of benzene rings is 2. The Bertz CT molecular complexity index is 1530. The predicted octanol–water partition coefficient (Wildman–Crippen LogP) is 3.14. The fourth-order valence-corrected chi connectivity index (χ4v) is 4.67. The molecule has 0 bridgehead atoms. The Balaban J connectivity index is 1.45. The van der Waals surface area contributed by atoms with Crippen molar-refractivity contribution in [2.75, 3.05) is 30.4 Å². The van der Waals surface area contributed by atoms with Gasteiger partial charge in [0.2, 0.25) is 11.6 Å². The highest BCUT2D eigenvalue weighted by Crippen LogP contribution is 2.29. The number of hydrogen-bond acceptors (Lipinski definition) is 11. The lowest BCUT2D eigenvalue weighted by molar-refractivity contribution is 0.0948. The number of aryl methyl sites for hydroxylation is 1. The standard InChI is InChI=1S/C27H31N9O4/c1-4-38-19-12-13-20(23(15-19)39-5-2)17(3)29-31-27(37)24-22(36(34-30-24)26-25(28)32-40-33-26)16-35-14-8-10-18-9-6-7-11-21(18)35/h6-7,9,11-13,15H,4-5,8,10,14,16H2,1-3H3,(H2,28,32)(H,31,37)/b29-17+. The number of nitrogens with one attached hydrogen (secondary N) is 1. The number of anilines is 2. The van der Waals surface area contributed by atoms with Gasteiger partial charge in [0.15, 0.2) is 5.69 Å². The third-order valence-corrected chi connectivity index (χ3v) is 6.50. The van der Waals surface area contributed by atoms with Crippen molar-refractivity contribution >= 4 is 23.1 Å². The van der Waals surface area contributed by atoms with Crippen molar-refractivity contribution in [2.24, 2.45) is 5.10 Å². The molecule has 40 heavy (non-hydrogen) atoms. The van der Waals surface area contributed by atoms with E-state index in [2.05, 4.69) is 48.2 Å². The van der Waals surface area contributed by atoms with Crippen LogP contribution in [0.2, 0.25) is 0 Å². The number of carbonyl (C=O) groups is 1. The molecule has 2 aromatic heterocycles. The van der Waals surface area contributed by atoms with Crippen LogP contribution in [0.15, 0.2) is 52.2 Å². The summed E-state index contributed by atoms with van der Waals surface area (Å²) in [6.07, 6.45) is 1.96. The van der Waals surface area contributed by atoms with Gasteiger partial charge in [-0.3, -0.25) is 4.79 Å². The molecule has 0 spiro atoms. The minimum absolute atomic E-state index is 0.0324. The number of para-hydroxylation sites is 1. The van der Waals surface area contributed by atoms with Crippen LogP contribution < -0.4 is 25.5 Å². The van der Waals surface area contributed by atoms with Gasteiger partial charge in [0.05, 0.1) is 31.2 Å². The Labute approximate surface area is 230 Å². The zero-order valence-corrected chi connectivity index (χ0v) is 22.6. The van der Waals surface area contributed by atoms with E-state index in [0.29, 0.717) is 42.7 Å². The number of aromatic nitrogens is 5. The maximum absolute atomic E-state index is 13.4. The number of carbonyl (C=O) groups excluding carboxylic acids is 1. The fourth-order valence-electron chi connectivity index (χ4n) is 4.67. The molecule has 3 N–H and O–H groups in total. The molecule has 3 heterocycles. The first-order chi connectivity index (χ1) is 19.5. The van der Waals surface area contributed by atoms with Gasteiger partial charge in [-0.05, 0) is 67.7 Å². The van der Waals surface area contributed by atoms with Gasteiger partial charge in [-0.2, -0.15) is 9.78 Å². The van der Waals surface area contributed by atoms with Crippen LogP contribution in [-0.2, 0) is 13.0 Å². The second-order valence-electron chi connectivity index (χ2n) is 9.09. The largest absolute Gasteiger partial charge is 0.494 e. The van der Waals surface area contributed by atoms with Crippen molar-refractivity contribution in [3.8, 4) is 17.3 Å². The molecule has 0 aliphatic carbocycles. The Morgan fingerprint density at radius 1 is 1.15 bits per heavy atom. The van der Waals surface area contributed by atoms with Crippen molar-refractivity contribution in [2.45, 2.75) is 40.2 Å². The summed E-state index contributed by atoms with van der Waals surface area (Å²) < 4.78 is 17.5. The number of amides is 1. The van der Waals surface area contributed by atoms with Crippen LogP contribution in [0.5, 0.6) is 11.5 Å². The summed E-state index contributed by atoms with van der Waals surface area (Å²) in [6, 6.07) is 13.7. The summed E-state index contributed by atoms with van der Waals surface area (Å²) in [4.78, 5) is 15.6. The Hall–Kier alpha value is -4.94. The minimum atomic E-state index is -0.537. The van der Waals surface area contributed by atoms with Crippen molar-refractivity contribution in [3.05, 3.63) is 65.0 Å². The summed E-state index contributed by atoms with van der Waals surface area (Å²) >= 11 is 0. The molecule has 5 rings (SSSR count). The molecule has 0 atom stereocenters. The molecule has 0 saturated heterocycles. The molecular weight excluding hydrogens is 514 g/mol. The van der Waals surface area contributed by atoms with E-state index in [9.17, 15) is 4.79 Å². The first-order valence-electron chi connectivity index (χ1n) is 13.1. The van der Waals surface area contributed by atoms with Crippen LogP contribution in [0.1, 0.15) is 54.5 Å². The molecule has 2 aromatic carbocycles. The van der Waals surface area contributed by atoms with Gasteiger partial charge in [0.1, 0.15) is 11.5 Å². The SMILES string of the molecule is CCOc1ccc(/C(C)=N/NC(=O)c2nnn(-c3nonc3N)c2CN2CCCc3ccccc32)c(OCC)c1. The highest BCUT2D eigenvalue weighted by Gasteiger charge is 2.27. The maximum atomic E-state index is 13.4. The number of ether oxygens (including phenoxy) is 2. The summed E-state index contributed by atoms with van der Waals surface area (Å²) in [6.45, 7) is 7.72. The highest BCUT2D eigenvalue weighted by atomic mass is 16.6. The van der Waals surface area contributed by atoms with Crippen LogP contribution >= 0.6 is 0 Å². The molecule has 1 aliphatic rings. The smallest absolute Gasteiger partial charge is 0.293 e. The number of nitrogens with two attached hydrogens (primary N) is 1. The number of hydrogen-bond donors (Lipinski definition) is 2. The van der Waals surface area contributed by atoms with Crippen LogP contribution in [-0.4, -0.2) is 56.7 Å². The van der Waals surface area contributed by atoms with Crippen molar-refractivity contribution in [3.63, 3.8) is 0 Å².